The Kier molecular flexibility index (Phi) is 7.00. The van der Waals surface area contributed by atoms with Crippen LogP contribution in [0.25, 0.3) is 0 Å². The van der Waals surface area contributed by atoms with Crippen molar-refractivity contribution < 1.29 is 13.2 Å². The molecule has 5 rings (SSSR count). The highest BCUT2D eigenvalue weighted by molar-refractivity contribution is 7.89. The van der Waals surface area contributed by atoms with Gasteiger partial charge in [-0.2, -0.15) is 4.31 Å². The van der Waals surface area contributed by atoms with Gasteiger partial charge in [0.1, 0.15) is 0 Å². The van der Waals surface area contributed by atoms with Gasteiger partial charge in [0.15, 0.2) is 0 Å². The number of nitrogens with zero attached hydrogens (tertiary/aromatic N) is 2. The van der Waals surface area contributed by atoms with E-state index in [1.54, 1.807) is 28.6 Å². The molecule has 1 fully saturated rings. The molecule has 0 bridgehead atoms. The monoisotopic (exact) mass is 489 g/mol. The number of carbonyl (C=O) groups excluding carboxylic acids is 1. The second kappa shape index (κ2) is 10.3. The zero-order valence-corrected chi connectivity index (χ0v) is 20.6. The first-order valence-electron chi connectivity index (χ1n) is 12.3. The Bertz CT molecular complexity index is 1270. The first kappa shape index (κ1) is 23.7. The van der Waals surface area contributed by atoms with Crippen molar-refractivity contribution in [3.8, 4) is 0 Å². The molecule has 7 heteroatoms. The molecular formula is C28H31N3O3S. The molecule has 2 aliphatic rings. The largest absolute Gasteiger partial charge is 0.345 e. The van der Waals surface area contributed by atoms with Gasteiger partial charge in [-0.1, -0.05) is 54.6 Å². The summed E-state index contributed by atoms with van der Waals surface area (Å²) in [6.07, 6.45) is 3.12. The number of hydrogen-bond donors (Lipinski definition) is 1. The Labute approximate surface area is 207 Å². The summed E-state index contributed by atoms with van der Waals surface area (Å²) in [5.74, 6) is -0.0435. The van der Waals surface area contributed by atoms with Crippen molar-refractivity contribution in [2.45, 2.75) is 36.7 Å². The molecule has 0 radical (unpaired) electrons. The van der Waals surface area contributed by atoms with Crippen LogP contribution in [0.4, 0.5) is 0 Å². The molecule has 35 heavy (non-hydrogen) atoms. The van der Waals surface area contributed by atoms with Crippen molar-refractivity contribution >= 4 is 15.9 Å². The van der Waals surface area contributed by atoms with Gasteiger partial charge in [-0.25, -0.2) is 8.42 Å². The molecule has 1 saturated heterocycles. The van der Waals surface area contributed by atoms with E-state index >= 15 is 0 Å². The van der Waals surface area contributed by atoms with Crippen LogP contribution in [0.5, 0.6) is 0 Å². The lowest BCUT2D eigenvalue weighted by atomic mass is 9.87. The maximum atomic E-state index is 12.9. The Morgan fingerprint density at radius 2 is 1.54 bits per heavy atom. The smallest absolute Gasteiger partial charge is 0.251 e. The molecule has 3 aromatic carbocycles. The molecule has 1 atom stereocenters. The summed E-state index contributed by atoms with van der Waals surface area (Å²) in [6, 6.07) is 24.8. The molecule has 1 aliphatic heterocycles. The molecule has 3 aromatic rings. The van der Waals surface area contributed by atoms with Crippen LogP contribution in [-0.4, -0.2) is 49.7 Å². The SMILES string of the molecule is O=C(N[C@@H]1CCCc2ccccc21)c1ccc(CN2CCN(S(=O)(=O)c3ccccc3)CC2)cc1. The van der Waals surface area contributed by atoms with Crippen LogP contribution in [-0.2, 0) is 23.0 Å². The molecule has 1 N–H and O–H groups in total. The second-order valence-corrected chi connectivity index (χ2v) is 11.2. The molecule has 1 aliphatic carbocycles. The lowest BCUT2D eigenvalue weighted by Gasteiger charge is -2.34. The van der Waals surface area contributed by atoms with Gasteiger partial charge in [-0.3, -0.25) is 9.69 Å². The van der Waals surface area contributed by atoms with Gasteiger partial charge in [0.2, 0.25) is 10.0 Å². The quantitative estimate of drug-likeness (QED) is 0.568. The van der Waals surface area contributed by atoms with Crippen LogP contribution < -0.4 is 5.32 Å². The maximum absolute atomic E-state index is 12.9. The number of aryl methyl sites for hydroxylation is 1. The fourth-order valence-electron chi connectivity index (χ4n) is 5.03. The second-order valence-electron chi connectivity index (χ2n) is 9.31. The van der Waals surface area contributed by atoms with E-state index < -0.39 is 10.0 Å². The summed E-state index contributed by atoms with van der Waals surface area (Å²) in [4.78, 5) is 15.5. The lowest BCUT2D eigenvalue weighted by Crippen LogP contribution is -2.48. The van der Waals surface area contributed by atoms with E-state index in [2.05, 4.69) is 28.4 Å². The van der Waals surface area contributed by atoms with Gasteiger partial charge in [0.25, 0.3) is 5.91 Å². The van der Waals surface area contributed by atoms with E-state index in [0.717, 1.165) is 31.4 Å². The third-order valence-electron chi connectivity index (χ3n) is 7.01. The fourth-order valence-corrected chi connectivity index (χ4v) is 6.48. The third-order valence-corrected chi connectivity index (χ3v) is 8.92. The van der Waals surface area contributed by atoms with Crippen LogP contribution in [0.2, 0.25) is 0 Å². The highest BCUT2D eigenvalue weighted by Crippen LogP contribution is 2.29. The van der Waals surface area contributed by atoms with Gasteiger partial charge >= 0.3 is 0 Å². The number of amides is 1. The Balaban J connectivity index is 1.15. The molecule has 0 spiro atoms. The third kappa shape index (κ3) is 5.32. The maximum Gasteiger partial charge on any atom is 0.251 e. The van der Waals surface area contributed by atoms with Crippen LogP contribution in [0.15, 0.2) is 83.8 Å². The van der Waals surface area contributed by atoms with Gasteiger partial charge < -0.3 is 5.32 Å². The van der Waals surface area contributed by atoms with Crippen molar-refractivity contribution in [1.82, 2.24) is 14.5 Å². The van der Waals surface area contributed by atoms with Crippen LogP contribution in [0.1, 0.15) is 45.9 Å². The van der Waals surface area contributed by atoms with Crippen molar-refractivity contribution in [2.24, 2.45) is 0 Å². The fraction of sp³-hybridized carbons (Fsp3) is 0.321. The first-order chi connectivity index (χ1) is 17.0. The summed E-state index contributed by atoms with van der Waals surface area (Å²) < 4.78 is 27.2. The average Bonchev–Trinajstić information content (AvgIpc) is 2.90. The Morgan fingerprint density at radius 3 is 2.29 bits per heavy atom. The van der Waals surface area contributed by atoms with Gasteiger partial charge in [0, 0.05) is 38.3 Å². The minimum Gasteiger partial charge on any atom is -0.345 e. The number of hydrogen-bond acceptors (Lipinski definition) is 4. The minimum atomic E-state index is -3.44. The molecule has 0 saturated carbocycles. The van der Waals surface area contributed by atoms with E-state index in [9.17, 15) is 13.2 Å². The van der Waals surface area contributed by atoms with Gasteiger partial charge in [0.05, 0.1) is 10.9 Å². The van der Waals surface area contributed by atoms with E-state index in [1.165, 1.54) is 11.1 Å². The predicted molar refractivity (Wildman–Crippen MR) is 137 cm³/mol. The topological polar surface area (TPSA) is 69.7 Å². The highest BCUT2D eigenvalue weighted by Gasteiger charge is 2.28. The first-order valence-corrected chi connectivity index (χ1v) is 13.7. The number of carbonyl (C=O) groups is 1. The van der Waals surface area contributed by atoms with Crippen molar-refractivity contribution in [3.05, 3.63) is 101 Å². The van der Waals surface area contributed by atoms with E-state index in [0.29, 0.717) is 36.6 Å². The summed E-state index contributed by atoms with van der Waals surface area (Å²) in [6.45, 7) is 3.03. The molecule has 0 unspecified atom stereocenters. The molecule has 1 heterocycles. The van der Waals surface area contributed by atoms with Crippen LogP contribution in [0, 0.1) is 0 Å². The molecule has 0 aromatic heterocycles. The molecule has 6 nitrogen and oxygen atoms in total. The predicted octanol–water partition coefficient (Wildman–Crippen LogP) is 4.00. The van der Waals surface area contributed by atoms with Gasteiger partial charge in [-0.05, 0) is 60.2 Å². The van der Waals surface area contributed by atoms with E-state index in [-0.39, 0.29) is 11.9 Å². The average molecular weight is 490 g/mol. The highest BCUT2D eigenvalue weighted by atomic mass is 32.2. The number of rotatable bonds is 6. The lowest BCUT2D eigenvalue weighted by molar-refractivity contribution is 0.0932. The zero-order valence-electron chi connectivity index (χ0n) is 19.8. The van der Waals surface area contributed by atoms with Crippen LogP contribution in [0.3, 0.4) is 0 Å². The minimum absolute atomic E-state index is 0.0435. The number of piperazine rings is 1. The van der Waals surface area contributed by atoms with E-state index in [4.69, 9.17) is 0 Å². The summed E-state index contributed by atoms with van der Waals surface area (Å²) in [5, 5.41) is 3.21. The van der Waals surface area contributed by atoms with Crippen molar-refractivity contribution in [2.75, 3.05) is 26.2 Å². The normalized spacial score (nSPS) is 19.1. The number of fused-ring (bicyclic) bond motifs is 1. The van der Waals surface area contributed by atoms with Gasteiger partial charge in [-0.15, -0.1) is 0 Å². The van der Waals surface area contributed by atoms with Crippen molar-refractivity contribution in [1.29, 1.82) is 0 Å². The van der Waals surface area contributed by atoms with E-state index in [1.807, 2.05) is 36.4 Å². The standard InChI is InChI=1S/C28H31N3O3S/c32-28(29-27-12-6-8-23-7-4-5-11-26(23)27)24-15-13-22(14-16-24)21-30-17-19-31(20-18-30)35(33,34)25-9-2-1-3-10-25/h1-5,7,9-11,13-16,27H,6,8,12,17-21H2,(H,29,32)/t27-/m1/s1. The number of sulfonamides is 1. The Hall–Kier alpha value is -3.00. The molecule has 1 amide bonds. The van der Waals surface area contributed by atoms with Crippen LogP contribution >= 0.6 is 0 Å². The summed E-state index contributed by atoms with van der Waals surface area (Å²) >= 11 is 0. The molecule has 182 valence electrons. The van der Waals surface area contributed by atoms with Crippen molar-refractivity contribution in [3.63, 3.8) is 0 Å². The summed E-state index contributed by atoms with van der Waals surface area (Å²) in [7, 11) is -3.44. The zero-order chi connectivity index (χ0) is 24.3. The number of nitrogens with one attached hydrogen (secondary N) is 1. The Morgan fingerprint density at radius 1 is 0.857 bits per heavy atom. The number of benzene rings is 3. The molecular weight excluding hydrogens is 458 g/mol. The summed E-state index contributed by atoms with van der Waals surface area (Å²) in [5.41, 5.74) is 4.34.